The molecule has 1 aliphatic rings. The van der Waals surface area contributed by atoms with Crippen LogP contribution in [-0.4, -0.2) is 18.5 Å². The molecule has 1 amide bonds. The van der Waals surface area contributed by atoms with Crippen LogP contribution in [0.4, 0.5) is 5.69 Å². The molecule has 3 nitrogen and oxygen atoms in total. The average molecular weight is 204 g/mol. The fourth-order valence-electron chi connectivity index (χ4n) is 2.09. The van der Waals surface area contributed by atoms with Crippen molar-refractivity contribution >= 4 is 11.6 Å². The lowest BCUT2D eigenvalue weighted by atomic mass is 10.1. The number of nitrogens with two attached hydrogens (primary N) is 1. The van der Waals surface area contributed by atoms with Gasteiger partial charge in [0.2, 0.25) is 5.91 Å². The summed E-state index contributed by atoms with van der Waals surface area (Å²) in [6.07, 6.45) is 0.465. The number of aryl methyl sites for hydroxylation is 2. The molecular weight excluding hydrogens is 188 g/mol. The van der Waals surface area contributed by atoms with Gasteiger partial charge in [0.25, 0.3) is 0 Å². The molecule has 1 fully saturated rings. The number of carbonyl (C=O) groups is 1. The van der Waals surface area contributed by atoms with Gasteiger partial charge in [0.1, 0.15) is 0 Å². The number of rotatable bonds is 1. The number of anilines is 1. The van der Waals surface area contributed by atoms with Gasteiger partial charge in [0.05, 0.1) is 0 Å². The summed E-state index contributed by atoms with van der Waals surface area (Å²) in [5.41, 5.74) is 9.10. The van der Waals surface area contributed by atoms with Crippen molar-refractivity contribution in [3.05, 3.63) is 29.3 Å². The van der Waals surface area contributed by atoms with E-state index < -0.39 is 0 Å². The second-order valence-electron chi connectivity index (χ2n) is 4.31. The van der Waals surface area contributed by atoms with Gasteiger partial charge in [-0.15, -0.1) is 0 Å². The zero-order valence-electron chi connectivity index (χ0n) is 9.16. The fourth-order valence-corrected chi connectivity index (χ4v) is 2.09. The summed E-state index contributed by atoms with van der Waals surface area (Å²) in [5, 5.41) is 0. The Morgan fingerprint density at radius 2 is 1.87 bits per heavy atom. The molecule has 1 aromatic carbocycles. The van der Waals surface area contributed by atoms with Crippen molar-refractivity contribution in [3.8, 4) is 0 Å². The lowest BCUT2D eigenvalue weighted by molar-refractivity contribution is -0.117. The predicted octanol–water partition coefficient (Wildman–Crippen LogP) is 1.37. The lowest BCUT2D eigenvalue weighted by Gasteiger charge is -2.17. The van der Waals surface area contributed by atoms with Crippen LogP contribution in [0.1, 0.15) is 17.5 Å². The molecule has 0 aliphatic carbocycles. The number of nitrogens with zero attached hydrogens (tertiary/aromatic N) is 1. The Morgan fingerprint density at radius 3 is 2.33 bits per heavy atom. The van der Waals surface area contributed by atoms with E-state index in [4.69, 9.17) is 5.73 Å². The van der Waals surface area contributed by atoms with E-state index >= 15 is 0 Å². The Morgan fingerprint density at radius 1 is 1.27 bits per heavy atom. The molecule has 1 atom stereocenters. The van der Waals surface area contributed by atoms with Crippen LogP contribution >= 0.6 is 0 Å². The SMILES string of the molecule is Cc1cc(C)cc(N2CC(N)CC2=O)c1. The molecule has 1 aliphatic heterocycles. The highest BCUT2D eigenvalue weighted by Crippen LogP contribution is 2.23. The Kier molecular flexibility index (Phi) is 2.49. The van der Waals surface area contributed by atoms with Crippen molar-refractivity contribution in [2.45, 2.75) is 26.3 Å². The zero-order chi connectivity index (χ0) is 11.0. The molecule has 0 aromatic heterocycles. The minimum Gasteiger partial charge on any atom is -0.326 e. The standard InChI is InChI=1S/C12H16N2O/c1-8-3-9(2)5-11(4-8)14-7-10(13)6-12(14)15/h3-5,10H,6-7,13H2,1-2H3. The largest absolute Gasteiger partial charge is 0.326 e. The van der Waals surface area contributed by atoms with Gasteiger partial charge in [0.15, 0.2) is 0 Å². The van der Waals surface area contributed by atoms with E-state index in [-0.39, 0.29) is 11.9 Å². The van der Waals surface area contributed by atoms with Crippen LogP contribution in [0.5, 0.6) is 0 Å². The second-order valence-corrected chi connectivity index (χ2v) is 4.31. The summed E-state index contributed by atoms with van der Waals surface area (Å²) >= 11 is 0. The van der Waals surface area contributed by atoms with E-state index in [9.17, 15) is 4.79 Å². The molecule has 1 aromatic rings. The van der Waals surface area contributed by atoms with Crippen molar-refractivity contribution in [2.24, 2.45) is 5.73 Å². The highest BCUT2D eigenvalue weighted by molar-refractivity contribution is 5.96. The monoisotopic (exact) mass is 204 g/mol. The van der Waals surface area contributed by atoms with Crippen LogP contribution in [-0.2, 0) is 4.79 Å². The van der Waals surface area contributed by atoms with Gasteiger partial charge in [0, 0.05) is 24.7 Å². The number of hydrogen-bond donors (Lipinski definition) is 1. The first-order valence-electron chi connectivity index (χ1n) is 5.20. The van der Waals surface area contributed by atoms with E-state index in [0.29, 0.717) is 13.0 Å². The van der Waals surface area contributed by atoms with E-state index in [2.05, 4.69) is 6.07 Å². The van der Waals surface area contributed by atoms with Crippen molar-refractivity contribution < 1.29 is 4.79 Å². The maximum Gasteiger partial charge on any atom is 0.228 e. The van der Waals surface area contributed by atoms with Crippen LogP contribution in [0.15, 0.2) is 18.2 Å². The van der Waals surface area contributed by atoms with Gasteiger partial charge in [-0.2, -0.15) is 0 Å². The van der Waals surface area contributed by atoms with Gasteiger partial charge < -0.3 is 10.6 Å². The minimum atomic E-state index is -0.0154. The highest BCUT2D eigenvalue weighted by Gasteiger charge is 2.27. The Hall–Kier alpha value is -1.35. The number of benzene rings is 1. The molecule has 1 unspecified atom stereocenters. The first kappa shape index (κ1) is 10.2. The second kappa shape index (κ2) is 3.66. The zero-order valence-corrected chi connectivity index (χ0v) is 9.16. The summed E-state index contributed by atoms with van der Waals surface area (Å²) < 4.78 is 0. The average Bonchev–Trinajstić information content (AvgIpc) is 2.43. The summed E-state index contributed by atoms with van der Waals surface area (Å²) in [5.74, 6) is 0.132. The van der Waals surface area contributed by atoms with Crippen LogP contribution in [0.25, 0.3) is 0 Å². The molecule has 3 heteroatoms. The Balaban J connectivity index is 2.33. The molecule has 2 N–H and O–H groups in total. The predicted molar refractivity (Wildman–Crippen MR) is 60.9 cm³/mol. The Labute approximate surface area is 89.9 Å². The van der Waals surface area contributed by atoms with Crippen LogP contribution in [0, 0.1) is 13.8 Å². The molecular formula is C12H16N2O. The quantitative estimate of drug-likeness (QED) is 0.751. The van der Waals surface area contributed by atoms with E-state index in [0.717, 1.165) is 5.69 Å². The van der Waals surface area contributed by atoms with Crippen molar-refractivity contribution in [1.29, 1.82) is 0 Å². The van der Waals surface area contributed by atoms with Crippen molar-refractivity contribution in [2.75, 3.05) is 11.4 Å². The molecule has 0 saturated carbocycles. The van der Waals surface area contributed by atoms with Gasteiger partial charge in [-0.05, 0) is 37.1 Å². The summed E-state index contributed by atoms with van der Waals surface area (Å²) in [4.78, 5) is 13.4. The van der Waals surface area contributed by atoms with Crippen molar-refractivity contribution in [1.82, 2.24) is 0 Å². The lowest BCUT2D eigenvalue weighted by Crippen LogP contribution is -2.28. The maximum absolute atomic E-state index is 11.7. The maximum atomic E-state index is 11.7. The fraction of sp³-hybridized carbons (Fsp3) is 0.417. The van der Waals surface area contributed by atoms with Crippen molar-refractivity contribution in [3.63, 3.8) is 0 Å². The van der Waals surface area contributed by atoms with Gasteiger partial charge >= 0.3 is 0 Å². The van der Waals surface area contributed by atoms with E-state index in [1.54, 1.807) is 4.90 Å². The van der Waals surface area contributed by atoms with Crippen LogP contribution in [0.3, 0.4) is 0 Å². The number of amides is 1. The third-order valence-corrected chi connectivity index (χ3v) is 2.67. The molecule has 0 spiro atoms. The van der Waals surface area contributed by atoms with Gasteiger partial charge in [-0.25, -0.2) is 0 Å². The number of hydrogen-bond acceptors (Lipinski definition) is 2. The topological polar surface area (TPSA) is 46.3 Å². The van der Waals surface area contributed by atoms with E-state index in [1.165, 1.54) is 11.1 Å². The van der Waals surface area contributed by atoms with E-state index in [1.807, 2.05) is 26.0 Å². The summed E-state index contributed by atoms with van der Waals surface area (Å²) in [6.45, 7) is 4.72. The summed E-state index contributed by atoms with van der Waals surface area (Å²) in [7, 11) is 0. The smallest absolute Gasteiger partial charge is 0.228 e. The highest BCUT2D eigenvalue weighted by atomic mass is 16.2. The molecule has 1 heterocycles. The van der Waals surface area contributed by atoms with Gasteiger partial charge in [-0.3, -0.25) is 4.79 Å². The molecule has 1 saturated heterocycles. The van der Waals surface area contributed by atoms with Crippen LogP contribution in [0.2, 0.25) is 0 Å². The normalized spacial score (nSPS) is 21.1. The molecule has 80 valence electrons. The molecule has 15 heavy (non-hydrogen) atoms. The minimum absolute atomic E-state index is 0.0154. The molecule has 2 rings (SSSR count). The third-order valence-electron chi connectivity index (χ3n) is 2.67. The Bertz CT molecular complexity index is 380. The first-order valence-corrected chi connectivity index (χ1v) is 5.20. The first-order chi connectivity index (χ1) is 7.06. The number of carbonyl (C=O) groups excluding carboxylic acids is 1. The van der Waals surface area contributed by atoms with Crippen LogP contribution < -0.4 is 10.6 Å². The third kappa shape index (κ3) is 2.02. The summed E-state index contributed by atoms with van der Waals surface area (Å²) in [6, 6.07) is 6.15. The molecule has 0 bridgehead atoms. The van der Waals surface area contributed by atoms with Gasteiger partial charge in [-0.1, -0.05) is 6.07 Å². The molecule has 0 radical (unpaired) electrons.